The number of carbonyl (C=O) groups excluding carboxylic acids is 1. The van der Waals surface area contributed by atoms with Gasteiger partial charge in [-0.2, -0.15) is 0 Å². The van der Waals surface area contributed by atoms with Crippen LogP contribution in [-0.4, -0.2) is 20.9 Å². The van der Waals surface area contributed by atoms with Crippen molar-refractivity contribution in [3.8, 4) is 0 Å². The van der Waals surface area contributed by atoms with Crippen LogP contribution in [0.3, 0.4) is 0 Å². The molecule has 0 aliphatic carbocycles. The first-order chi connectivity index (χ1) is 7.22. The zero-order valence-corrected chi connectivity index (χ0v) is 8.84. The Labute approximate surface area is 87.9 Å². The molecule has 0 aromatic carbocycles. The number of pyridine rings is 1. The van der Waals surface area contributed by atoms with Crippen LogP contribution in [0.1, 0.15) is 30.2 Å². The van der Waals surface area contributed by atoms with E-state index in [0.29, 0.717) is 11.6 Å². The Morgan fingerprint density at radius 3 is 2.87 bits per heavy atom. The highest BCUT2D eigenvalue weighted by Gasteiger charge is 2.09. The summed E-state index contributed by atoms with van der Waals surface area (Å²) in [4.78, 5) is 10.9. The first-order valence-corrected chi connectivity index (χ1v) is 5.00. The molecular weight excluding hydrogens is 190 g/mol. The lowest BCUT2D eigenvalue weighted by molar-refractivity contribution is 0.111. The van der Waals surface area contributed by atoms with E-state index in [1.165, 1.54) is 0 Å². The van der Waals surface area contributed by atoms with Gasteiger partial charge in [-0.3, -0.25) is 9.20 Å². The van der Waals surface area contributed by atoms with E-state index in [1.807, 2.05) is 16.5 Å². The van der Waals surface area contributed by atoms with Gasteiger partial charge in [0.1, 0.15) is 5.82 Å². The second-order valence-corrected chi connectivity index (χ2v) is 3.98. The van der Waals surface area contributed by atoms with Gasteiger partial charge in [0.05, 0.1) is 5.69 Å². The molecule has 0 spiro atoms. The van der Waals surface area contributed by atoms with Crippen molar-refractivity contribution in [2.24, 2.45) is 5.92 Å². The van der Waals surface area contributed by atoms with Gasteiger partial charge in [-0.15, -0.1) is 10.2 Å². The summed E-state index contributed by atoms with van der Waals surface area (Å²) in [6.07, 6.45) is 1.66. The quantitative estimate of drug-likeness (QED) is 0.714. The van der Waals surface area contributed by atoms with E-state index in [2.05, 4.69) is 24.0 Å². The Morgan fingerprint density at radius 2 is 2.20 bits per heavy atom. The van der Waals surface area contributed by atoms with Crippen molar-refractivity contribution < 1.29 is 4.79 Å². The number of carbonyl (C=O) groups is 1. The van der Waals surface area contributed by atoms with E-state index in [1.54, 1.807) is 6.07 Å². The Hall–Kier alpha value is -1.71. The van der Waals surface area contributed by atoms with Gasteiger partial charge in [-0.25, -0.2) is 0 Å². The molecule has 78 valence electrons. The van der Waals surface area contributed by atoms with Crippen molar-refractivity contribution in [2.75, 3.05) is 0 Å². The monoisotopic (exact) mass is 203 g/mol. The number of hydrogen-bond donors (Lipinski definition) is 0. The normalized spacial score (nSPS) is 11.1. The van der Waals surface area contributed by atoms with Crippen LogP contribution >= 0.6 is 0 Å². The summed E-state index contributed by atoms with van der Waals surface area (Å²) in [5.74, 6) is 1.35. The topological polar surface area (TPSA) is 47.3 Å². The van der Waals surface area contributed by atoms with Crippen molar-refractivity contribution in [2.45, 2.75) is 20.3 Å². The SMILES string of the molecule is CC(C)Cc1nnc2cccc(C=O)n12. The second kappa shape index (κ2) is 3.81. The maximum atomic E-state index is 10.9. The van der Waals surface area contributed by atoms with Gasteiger partial charge in [0, 0.05) is 6.42 Å². The fraction of sp³-hybridized carbons (Fsp3) is 0.364. The molecule has 0 aliphatic heterocycles. The zero-order valence-electron chi connectivity index (χ0n) is 8.84. The number of nitrogens with zero attached hydrogens (tertiary/aromatic N) is 3. The molecule has 0 unspecified atom stereocenters. The second-order valence-electron chi connectivity index (χ2n) is 3.98. The molecule has 0 saturated carbocycles. The molecule has 4 heteroatoms. The molecule has 2 aromatic rings. The van der Waals surface area contributed by atoms with E-state index in [0.717, 1.165) is 24.2 Å². The lowest BCUT2D eigenvalue weighted by Crippen LogP contribution is -2.04. The lowest BCUT2D eigenvalue weighted by Gasteiger charge is -2.04. The van der Waals surface area contributed by atoms with Gasteiger partial charge < -0.3 is 0 Å². The third kappa shape index (κ3) is 1.75. The Balaban J connectivity index is 2.60. The minimum atomic E-state index is 0.497. The summed E-state index contributed by atoms with van der Waals surface area (Å²) in [6, 6.07) is 5.43. The van der Waals surface area contributed by atoms with Crippen molar-refractivity contribution in [1.82, 2.24) is 14.6 Å². The van der Waals surface area contributed by atoms with Crippen LogP contribution in [0.2, 0.25) is 0 Å². The highest BCUT2D eigenvalue weighted by molar-refractivity contribution is 5.73. The third-order valence-corrected chi connectivity index (χ3v) is 2.24. The molecule has 0 bridgehead atoms. The maximum Gasteiger partial charge on any atom is 0.166 e. The van der Waals surface area contributed by atoms with Crippen LogP contribution in [-0.2, 0) is 6.42 Å². The highest BCUT2D eigenvalue weighted by atomic mass is 16.1. The minimum absolute atomic E-state index is 0.497. The molecule has 0 fully saturated rings. The molecule has 2 rings (SSSR count). The molecule has 2 heterocycles. The van der Waals surface area contributed by atoms with Gasteiger partial charge in [0.2, 0.25) is 0 Å². The molecule has 2 aromatic heterocycles. The highest BCUT2D eigenvalue weighted by Crippen LogP contribution is 2.10. The largest absolute Gasteiger partial charge is 0.296 e. The van der Waals surface area contributed by atoms with Crippen LogP contribution in [0.25, 0.3) is 5.65 Å². The molecule has 0 atom stereocenters. The van der Waals surface area contributed by atoms with Crippen LogP contribution in [0, 0.1) is 5.92 Å². The standard InChI is InChI=1S/C11H13N3O/c1-8(2)6-11-13-12-10-5-3-4-9(7-15)14(10)11/h3-5,7-8H,6H2,1-2H3. The van der Waals surface area contributed by atoms with E-state index in [4.69, 9.17) is 0 Å². The first-order valence-electron chi connectivity index (χ1n) is 5.00. The maximum absolute atomic E-state index is 10.9. The third-order valence-electron chi connectivity index (χ3n) is 2.24. The fourth-order valence-electron chi connectivity index (χ4n) is 1.62. The minimum Gasteiger partial charge on any atom is -0.296 e. The van der Waals surface area contributed by atoms with Crippen LogP contribution < -0.4 is 0 Å². The van der Waals surface area contributed by atoms with Gasteiger partial charge in [-0.1, -0.05) is 19.9 Å². The fourth-order valence-corrected chi connectivity index (χ4v) is 1.62. The van der Waals surface area contributed by atoms with Crippen molar-refractivity contribution in [3.05, 3.63) is 29.7 Å². The molecule has 0 saturated heterocycles. The number of aromatic nitrogens is 3. The van der Waals surface area contributed by atoms with Gasteiger partial charge >= 0.3 is 0 Å². The van der Waals surface area contributed by atoms with Gasteiger partial charge in [0.25, 0.3) is 0 Å². The summed E-state index contributed by atoms with van der Waals surface area (Å²) < 4.78 is 1.81. The number of fused-ring (bicyclic) bond motifs is 1. The van der Waals surface area contributed by atoms with Crippen LogP contribution in [0.5, 0.6) is 0 Å². The van der Waals surface area contributed by atoms with E-state index >= 15 is 0 Å². The van der Waals surface area contributed by atoms with Crippen molar-refractivity contribution in [3.63, 3.8) is 0 Å². The van der Waals surface area contributed by atoms with Crippen molar-refractivity contribution >= 4 is 11.9 Å². The number of aldehydes is 1. The Bertz CT molecular complexity index is 488. The first kappa shape index (κ1) is 9.83. The molecule has 0 radical (unpaired) electrons. The molecule has 4 nitrogen and oxygen atoms in total. The predicted molar refractivity (Wildman–Crippen MR) is 56.9 cm³/mol. The Kier molecular flexibility index (Phi) is 2.49. The van der Waals surface area contributed by atoms with Crippen LogP contribution in [0.4, 0.5) is 0 Å². The summed E-state index contributed by atoms with van der Waals surface area (Å²) in [6.45, 7) is 4.23. The summed E-state index contributed by atoms with van der Waals surface area (Å²) in [7, 11) is 0. The number of hydrogen-bond acceptors (Lipinski definition) is 3. The van der Waals surface area contributed by atoms with Gasteiger partial charge in [0.15, 0.2) is 11.9 Å². The van der Waals surface area contributed by atoms with E-state index in [-0.39, 0.29) is 0 Å². The summed E-state index contributed by atoms with van der Waals surface area (Å²) in [5, 5.41) is 8.13. The zero-order chi connectivity index (χ0) is 10.8. The Morgan fingerprint density at radius 1 is 1.40 bits per heavy atom. The number of rotatable bonds is 3. The average molecular weight is 203 g/mol. The van der Waals surface area contributed by atoms with E-state index < -0.39 is 0 Å². The lowest BCUT2D eigenvalue weighted by atomic mass is 10.1. The molecule has 0 N–H and O–H groups in total. The van der Waals surface area contributed by atoms with Crippen molar-refractivity contribution in [1.29, 1.82) is 0 Å². The average Bonchev–Trinajstić information content (AvgIpc) is 2.61. The van der Waals surface area contributed by atoms with Crippen LogP contribution in [0.15, 0.2) is 18.2 Å². The molecule has 0 aliphatic rings. The summed E-state index contributed by atoms with van der Waals surface area (Å²) in [5.41, 5.74) is 1.34. The van der Waals surface area contributed by atoms with E-state index in [9.17, 15) is 4.79 Å². The molecule has 15 heavy (non-hydrogen) atoms. The molecular formula is C11H13N3O. The van der Waals surface area contributed by atoms with Gasteiger partial charge in [-0.05, 0) is 18.1 Å². The summed E-state index contributed by atoms with van der Waals surface area (Å²) >= 11 is 0. The molecule has 0 amide bonds. The smallest absolute Gasteiger partial charge is 0.166 e. The predicted octanol–water partition coefficient (Wildman–Crippen LogP) is 1.74.